The molecule has 1 aromatic heterocycles. The number of carbonyl (C=O) groups excluding carboxylic acids is 2. The van der Waals surface area contributed by atoms with Gasteiger partial charge in [0.2, 0.25) is 5.91 Å². The van der Waals surface area contributed by atoms with Crippen LogP contribution < -0.4 is 10.8 Å². The second-order valence-corrected chi connectivity index (χ2v) is 8.26. The van der Waals surface area contributed by atoms with Gasteiger partial charge in [-0.15, -0.1) is 0 Å². The predicted molar refractivity (Wildman–Crippen MR) is 133 cm³/mol. The van der Waals surface area contributed by atoms with Gasteiger partial charge >= 0.3 is 0 Å². The molecule has 1 aromatic carbocycles. The lowest BCUT2D eigenvalue weighted by Crippen LogP contribution is -2.42. The highest BCUT2D eigenvalue weighted by Crippen LogP contribution is 2.16. The number of aromatic nitrogens is 1. The zero-order valence-electron chi connectivity index (χ0n) is 20.5. The lowest BCUT2D eigenvalue weighted by Gasteiger charge is -2.23. The van der Waals surface area contributed by atoms with Crippen LogP contribution >= 0.6 is 0 Å². The van der Waals surface area contributed by atoms with Crippen molar-refractivity contribution in [3.63, 3.8) is 0 Å². The van der Waals surface area contributed by atoms with Gasteiger partial charge < -0.3 is 14.8 Å². The number of amides is 2. The highest BCUT2D eigenvalue weighted by Gasteiger charge is 2.25. The molecule has 0 aliphatic carbocycles. The highest BCUT2D eigenvalue weighted by atomic mass is 16.7. The van der Waals surface area contributed by atoms with E-state index in [-0.39, 0.29) is 25.7 Å². The van der Waals surface area contributed by atoms with Gasteiger partial charge in [0.05, 0.1) is 12.6 Å². The van der Waals surface area contributed by atoms with E-state index in [1.165, 1.54) is 13.5 Å². The molecule has 0 radical (unpaired) electrons. The summed E-state index contributed by atoms with van der Waals surface area (Å²) in [6, 6.07) is 10.2. The molecular weight excluding hydrogens is 446 g/mol. The fraction of sp³-hybridized carbons (Fsp3) is 0.444. The third-order valence-electron chi connectivity index (χ3n) is 5.40. The van der Waals surface area contributed by atoms with Crippen molar-refractivity contribution in [2.24, 2.45) is 5.92 Å². The number of unbranched alkanes of at least 4 members (excludes halogenated alkanes) is 3. The lowest BCUT2D eigenvalue weighted by atomic mass is 9.92. The van der Waals surface area contributed by atoms with Crippen LogP contribution in [0.1, 0.15) is 60.5 Å². The maximum atomic E-state index is 12.9. The van der Waals surface area contributed by atoms with Gasteiger partial charge in [0.15, 0.2) is 0 Å². The zero-order chi connectivity index (χ0) is 25.3. The molecule has 0 aliphatic heterocycles. The molecule has 35 heavy (non-hydrogen) atoms. The number of hydrogen-bond donors (Lipinski definition) is 3. The summed E-state index contributed by atoms with van der Waals surface area (Å²) in [5, 5.41) is 12.2. The minimum atomic E-state index is -0.606. The van der Waals surface area contributed by atoms with Crippen LogP contribution in [-0.4, -0.2) is 48.6 Å². The summed E-state index contributed by atoms with van der Waals surface area (Å²) in [4.78, 5) is 29.3. The average molecular weight is 482 g/mol. The van der Waals surface area contributed by atoms with Gasteiger partial charge in [-0.1, -0.05) is 37.7 Å². The quantitative estimate of drug-likeness (QED) is 0.125. The Kier molecular flexibility index (Phi) is 13.1. The predicted octanol–water partition coefficient (Wildman–Crippen LogP) is 3.49. The molecule has 2 amide bonds. The van der Waals surface area contributed by atoms with Crippen molar-refractivity contribution in [3.05, 3.63) is 65.5 Å². The van der Waals surface area contributed by atoms with E-state index in [0.717, 1.165) is 30.4 Å². The van der Waals surface area contributed by atoms with E-state index >= 15 is 0 Å². The van der Waals surface area contributed by atoms with Crippen LogP contribution in [0.25, 0.3) is 0 Å². The first-order valence-electron chi connectivity index (χ1n) is 11.9. The molecular formula is C27H35N3O5. The number of methoxy groups -OCH3 is 1. The fourth-order valence-electron chi connectivity index (χ4n) is 3.57. The minimum Gasteiger partial charge on any atom is -0.359 e. The minimum absolute atomic E-state index is 0.0530. The van der Waals surface area contributed by atoms with Crippen LogP contribution in [0.3, 0.4) is 0 Å². The number of pyridine rings is 1. The molecule has 0 aliphatic rings. The van der Waals surface area contributed by atoms with Gasteiger partial charge in [-0.25, -0.2) is 5.48 Å². The zero-order valence-corrected chi connectivity index (χ0v) is 20.5. The standard InChI is InChI=1S/C27H35N3O5/c1-3-4-5-6-7-9-21-11-13-23(14-12-21)26(31)29-25(19-35-20-34-2)17-24(27(32)30-33)16-22-10-8-15-28-18-22/h8,10-15,18,24-25,33H,3-6,16-17,19-20H2,1-2H3,(H,29,31)(H,30,32). The summed E-state index contributed by atoms with van der Waals surface area (Å²) in [5.74, 6) is 4.85. The highest BCUT2D eigenvalue weighted by molar-refractivity contribution is 5.94. The Balaban J connectivity index is 2.06. The Morgan fingerprint density at radius 2 is 1.97 bits per heavy atom. The summed E-state index contributed by atoms with van der Waals surface area (Å²) in [6.45, 7) is 2.36. The largest absolute Gasteiger partial charge is 0.359 e. The maximum Gasteiger partial charge on any atom is 0.251 e. The molecule has 0 saturated heterocycles. The summed E-state index contributed by atoms with van der Waals surface area (Å²) in [5.41, 5.74) is 3.91. The molecule has 0 fully saturated rings. The van der Waals surface area contributed by atoms with Crippen molar-refractivity contribution in [3.8, 4) is 11.8 Å². The first-order chi connectivity index (χ1) is 17.1. The second kappa shape index (κ2) is 16.4. The Morgan fingerprint density at radius 1 is 1.17 bits per heavy atom. The summed E-state index contributed by atoms with van der Waals surface area (Å²) in [7, 11) is 1.51. The molecule has 0 saturated carbocycles. The number of benzene rings is 1. The van der Waals surface area contributed by atoms with Crippen molar-refractivity contribution in [2.45, 2.75) is 51.5 Å². The number of hydrogen-bond acceptors (Lipinski definition) is 6. The molecule has 3 N–H and O–H groups in total. The van der Waals surface area contributed by atoms with E-state index in [1.807, 2.05) is 18.2 Å². The van der Waals surface area contributed by atoms with Crippen LogP contribution in [0.15, 0.2) is 48.8 Å². The normalized spacial score (nSPS) is 12.2. The molecule has 1 heterocycles. The smallest absolute Gasteiger partial charge is 0.251 e. The monoisotopic (exact) mass is 481 g/mol. The number of ether oxygens (including phenoxy) is 2. The van der Waals surface area contributed by atoms with E-state index in [2.05, 4.69) is 29.1 Å². The molecule has 2 aromatic rings. The van der Waals surface area contributed by atoms with Crippen molar-refractivity contribution < 1.29 is 24.3 Å². The SMILES string of the molecule is CCCCCC#Cc1ccc(C(=O)NC(COCOC)CC(Cc2cccnc2)C(=O)NO)cc1. The van der Waals surface area contributed by atoms with E-state index in [1.54, 1.807) is 36.1 Å². The molecule has 188 valence electrons. The molecule has 0 bridgehead atoms. The van der Waals surface area contributed by atoms with Crippen LogP contribution in [0.4, 0.5) is 0 Å². The van der Waals surface area contributed by atoms with Crippen molar-refractivity contribution in [2.75, 3.05) is 20.5 Å². The van der Waals surface area contributed by atoms with Gasteiger partial charge in [-0.2, -0.15) is 0 Å². The van der Waals surface area contributed by atoms with Crippen LogP contribution in [0.5, 0.6) is 0 Å². The Morgan fingerprint density at radius 3 is 2.63 bits per heavy atom. The molecule has 2 atom stereocenters. The molecule has 8 nitrogen and oxygen atoms in total. The van der Waals surface area contributed by atoms with Crippen molar-refractivity contribution >= 4 is 11.8 Å². The second-order valence-electron chi connectivity index (χ2n) is 8.26. The van der Waals surface area contributed by atoms with Crippen LogP contribution in [0, 0.1) is 17.8 Å². The van der Waals surface area contributed by atoms with Gasteiger partial charge in [-0.05, 0) is 55.2 Å². The molecule has 2 unspecified atom stereocenters. The van der Waals surface area contributed by atoms with Gasteiger partial charge in [0.1, 0.15) is 6.79 Å². The number of hydroxylamine groups is 1. The number of nitrogens with one attached hydrogen (secondary N) is 2. The number of carbonyl (C=O) groups is 2. The molecule has 2 rings (SSSR count). The van der Waals surface area contributed by atoms with Gasteiger partial charge in [-0.3, -0.25) is 19.8 Å². The first kappa shape index (κ1) is 28.0. The topological polar surface area (TPSA) is 110 Å². The fourth-order valence-corrected chi connectivity index (χ4v) is 3.57. The Labute approximate surface area is 207 Å². The third kappa shape index (κ3) is 10.7. The Hall–Kier alpha value is -3.25. The van der Waals surface area contributed by atoms with Gasteiger partial charge in [0.25, 0.3) is 5.91 Å². The van der Waals surface area contributed by atoms with Crippen LogP contribution in [0.2, 0.25) is 0 Å². The van der Waals surface area contributed by atoms with Gasteiger partial charge in [0, 0.05) is 43.0 Å². The average Bonchev–Trinajstić information content (AvgIpc) is 2.88. The maximum absolute atomic E-state index is 12.9. The summed E-state index contributed by atoms with van der Waals surface area (Å²) < 4.78 is 10.4. The Bertz CT molecular complexity index is 954. The first-order valence-corrected chi connectivity index (χ1v) is 11.9. The van der Waals surface area contributed by atoms with Crippen molar-refractivity contribution in [1.29, 1.82) is 0 Å². The van der Waals surface area contributed by atoms with E-state index in [9.17, 15) is 14.8 Å². The van der Waals surface area contributed by atoms with E-state index in [0.29, 0.717) is 12.0 Å². The summed E-state index contributed by atoms with van der Waals surface area (Å²) >= 11 is 0. The van der Waals surface area contributed by atoms with Crippen molar-refractivity contribution in [1.82, 2.24) is 15.8 Å². The number of nitrogens with zero attached hydrogens (tertiary/aromatic N) is 1. The lowest BCUT2D eigenvalue weighted by molar-refractivity contribution is -0.134. The third-order valence-corrected chi connectivity index (χ3v) is 5.40. The summed E-state index contributed by atoms with van der Waals surface area (Å²) in [6.07, 6.45) is 8.20. The van der Waals surface area contributed by atoms with Crippen LogP contribution in [-0.2, 0) is 20.7 Å². The van der Waals surface area contributed by atoms with E-state index < -0.39 is 17.9 Å². The number of rotatable bonds is 14. The van der Waals surface area contributed by atoms with E-state index in [4.69, 9.17) is 9.47 Å². The molecule has 8 heteroatoms. The molecule has 0 spiro atoms.